The minimum absolute atomic E-state index is 0.570. The van der Waals surface area contributed by atoms with Crippen LogP contribution in [0.25, 0.3) is 10.8 Å². The Balaban J connectivity index is 2.22. The molecule has 0 spiro atoms. The van der Waals surface area contributed by atoms with Crippen molar-refractivity contribution in [1.82, 2.24) is 0 Å². The van der Waals surface area contributed by atoms with Gasteiger partial charge in [-0.2, -0.15) is 0 Å². The Morgan fingerprint density at radius 2 is 1.14 bits per heavy atom. The van der Waals surface area contributed by atoms with Gasteiger partial charge in [-0.1, -0.05) is 64.8 Å². The Hall–Kier alpha value is -1.70. The largest absolute Gasteiger partial charge is 0.493 e. The predicted octanol–water partition coefficient (Wildman–Crippen LogP) is 5.69. The van der Waals surface area contributed by atoms with Gasteiger partial charge in [-0.05, 0) is 24.0 Å². The van der Waals surface area contributed by atoms with Crippen LogP contribution in [0.4, 0.5) is 0 Å². The lowest BCUT2D eigenvalue weighted by Crippen LogP contribution is -2.08. The highest BCUT2D eigenvalue weighted by molar-refractivity contribution is 5.93. The first-order chi connectivity index (χ1) is 10.7. The number of fused-ring (bicyclic) bond motifs is 1. The summed E-state index contributed by atoms with van der Waals surface area (Å²) in [5, 5.41) is 2.26. The van der Waals surface area contributed by atoms with Gasteiger partial charge in [-0.3, -0.25) is 0 Å². The van der Waals surface area contributed by atoms with Crippen LogP contribution >= 0.6 is 0 Å². The average Bonchev–Trinajstić information content (AvgIpc) is 2.57. The van der Waals surface area contributed by atoms with Crippen molar-refractivity contribution >= 4 is 10.8 Å². The Morgan fingerprint density at radius 3 is 1.50 bits per heavy atom. The van der Waals surface area contributed by atoms with E-state index < -0.39 is 0 Å². The highest BCUT2D eigenvalue weighted by Crippen LogP contribution is 2.32. The average molecular weight is 300 g/mol. The molecule has 0 aliphatic carbocycles. The van der Waals surface area contributed by atoms with Gasteiger partial charge < -0.3 is 9.47 Å². The Bertz CT molecular complexity index is 538. The predicted molar refractivity (Wildman–Crippen MR) is 93.8 cm³/mol. The minimum atomic E-state index is 0.570. The summed E-state index contributed by atoms with van der Waals surface area (Å²) < 4.78 is 12.0. The summed E-state index contributed by atoms with van der Waals surface area (Å²) in [7, 11) is 0. The molecule has 0 aliphatic heterocycles. The molecule has 2 heteroatoms. The lowest BCUT2D eigenvalue weighted by molar-refractivity contribution is 0.257. The maximum absolute atomic E-state index is 6.02. The van der Waals surface area contributed by atoms with E-state index in [1.165, 1.54) is 0 Å². The number of rotatable bonds is 8. The summed E-state index contributed by atoms with van der Waals surface area (Å²) in [6.07, 6.45) is 2.27. The van der Waals surface area contributed by atoms with Crippen LogP contribution in [0, 0.1) is 11.8 Å². The third-order valence-corrected chi connectivity index (χ3v) is 4.28. The second-order valence-electron chi connectivity index (χ2n) is 6.26. The van der Waals surface area contributed by atoms with Crippen molar-refractivity contribution < 1.29 is 9.47 Å². The maximum Gasteiger partial charge on any atom is 0.127 e. The van der Waals surface area contributed by atoms with Gasteiger partial charge in [0.2, 0.25) is 0 Å². The van der Waals surface area contributed by atoms with Gasteiger partial charge >= 0.3 is 0 Å². The molecule has 0 aromatic heterocycles. The molecule has 0 unspecified atom stereocenters. The van der Waals surface area contributed by atoms with E-state index in [2.05, 4.69) is 39.8 Å². The first kappa shape index (κ1) is 16.7. The fourth-order valence-electron chi connectivity index (χ4n) is 2.20. The van der Waals surface area contributed by atoms with Gasteiger partial charge in [0.1, 0.15) is 11.5 Å². The Morgan fingerprint density at radius 1 is 0.727 bits per heavy atom. The normalized spacial score (nSPS) is 13.8. The molecule has 0 saturated heterocycles. The van der Waals surface area contributed by atoms with Crippen molar-refractivity contribution in [3.8, 4) is 11.5 Å². The highest BCUT2D eigenvalue weighted by atomic mass is 16.5. The van der Waals surface area contributed by atoms with Crippen LogP contribution in [0.15, 0.2) is 36.4 Å². The molecule has 2 atom stereocenters. The summed E-state index contributed by atoms with van der Waals surface area (Å²) in [5.74, 6) is 3.04. The van der Waals surface area contributed by atoms with Crippen LogP contribution in [-0.4, -0.2) is 13.2 Å². The summed E-state index contributed by atoms with van der Waals surface area (Å²) in [4.78, 5) is 0. The summed E-state index contributed by atoms with van der Waals surface area (Å²) in [6, 6.07) is 12.4. The van der Waals surface area contributed by atoms with Gasteiger partial charge in [-0.15, -0.1) is 0 Å². The van der Waals surface area contributed by atoms with E-state index in [0.717, 1.165) is 48.3 Å². The SMILES string of the molecule is CC[C@H](C)COc1cccc2c(OC[C@@H](C)CC)cccc12. The van der Waals surface area contributed by atoms with Crippen LogP contribution in [-0.2, 0) is 0 Å². The number of hydrogen-bond acceptors (Lipinski definition) is 2. The van der Waals surface area contributed by atoms with E-state index in [0.29, 0.717) is 11.8 Å². The van der Waals surface area contributed by atoms with E-state index in [4.69, 9.17) is 9.47 Å². The van der Waals surface area contributed by atoms with Gasteiger partial charge in [0.15, 0.2) is 0 Å². The van der Waals surface area contributed by atoms with Gasteiger partial charge in [0.25, 0.3) is 0 Å². The van der Waals surface area contributed by atoms with E-state index in [1.807, 2.05) is 24.3 Å². The Labute approximate surface area is 134 Å². The zero-order chi connectivity index (χ0) is 15.9. The van der Waals surface area contributed by atoms with Crippen LogP contribution in [0.1, 0.15) is 40.5 Å². The molecule has 2 nitrogen and oxygen atoms in total. The zero-order valence-electron chi connectivity index (χ0n) is 14.3. The van der Waals surface area contributed by atoms with Crippen LogP contribution in [0.3, 0.4) is 0 Å². The van der Waals surface area contributed by atoms with Crippen molar-refractivity contribution in [1.29, 1.82) is 0 Å². The quantitative estimate of drug-likeness (QED) is 0.623. The number of ether oxygens (including phenoxy) is 2. The van der Waals surface area contributed by atoms with Crippen LogP contribution < -0.4 is 9.47 Å². The smallest absolute Gasteiger partial charge is 0.127 e. The monoisotopic (exact) mass is 300 g/mol. The number of benzene rings is 2. The Kier molecular flexibility index (Phi) is 6.11. The van der Waals surface area contributed by atoms with E-state index in [1.54, 1.807) is 0 Å². The van der Waals surface area contributed by atoms with E-state index in [-0.39, 0.29) is 0 Å². The molecule has 22 heavy (non-hydrogen) atoms. The van der Waals surface area contributed by atoms with E-state index >= 15 is 0 Å². The molecule has 0 fully saturated rings. The molecule has 0 N–H and O–H groups in total. The van der Waals surface area contributed by atoms with Gasteiger partial charge in [0.05, 0.1) is 13.2 Å². The molecule has 0 amide bonds. The lowest BCUT2D eigenvalue weighted by atomic mass is 10.1. The molecule has 0 saturated carbocycles. The fourth-order valence-corrected chi connectivity index (χ4v) is 2.20. The van der Waals surface area contributed by atoms with Gasteiger partial charge in [0, 0.05) is 10.8 Å². The first-order valence-electron chi connectivity index (χ1n) is 8.43. The second-order valence-corrected chi connectivity index (χ2v) is 6.26. The molecule has 2 aromatic carbocycles. The fraction of sp³-hybridized carbons (Fsp3) is 0.500. The molecule has 2 rings (SSSR count). The molecular weight excluding hydrogens is 272 g/mol. The third kappa shape index (κ3) is 4.16. The summed E-state index contributed by atoms with van der Waals surface area (Å²) >= 11 is 0. The minimum Gasteiger partial charge on any atom is -0.493 e. The molecule has 0 radical (unpaired) electrons. The molecular formula is C20H28O2. The van der Waals surface area contributed by atoms with Gasteiger partial charge in [-0.25, -0.2) is 0 Å². The molecule has 0 aliphatic rings. The summed E-state index contributed by atoms with van der Waals surface area (Å²) in [5.41, 5.74) is 0. The molecule has 0 bridgehead atoms. The van der Waals surface area contributed by atoms with Crippen LogP contribution in [0.5, 0.6) is 11.5 Å². The van der Waals surface area contributed by atoms with Crippen molar-refractivity contribution in [3.05, 3.63) is 36.4 Å². The topological polar surface area (TPSA) is 18.5 Å². The maximum atomic E-state index is 6.02. The van der Waals surface area contributed by atoms with Crippen molar-refractivity contribution in [2.45, 2.75) is 40.5 Å². The van der Waals surface area contributed by atoms with Crippen LogP contribution in [0.2, 0.25) is 0 Å². The van der Waals surface area contributed by atoms with Crippen molar-refractivity contribution in [3.63, 3.8) is 0 Å². The highest BCUT2D eigenvalue weighted by Gasteiger charge is 2.09. The summed E-state index contributed by atoms with van der Waals surface area (Å²) in [6.45, 7) is 10.3. The standard InChI is InChI=1S/C20H28O2/c1-5-15(3)13-21-19-11-7-10-18-17(19)9-8-12-20(18)22-14-16(4)6-2/h7-12,15-16H,5-6,13-14H2,1-4H3/t15-,16-/m0/s1. The number of hydrogen-bond donors (Lipinski definition) is 0. The lowest BCUT2D eigenvalue weighted by Gasteiger charge is -2.16. The van der Waals surface area contributed by atoms with E-state index in [9.17, 15) is 0 Å². The molecule has 0 heterocycles. The molecule has 2 aromatic rings. The second kappa shape index (κ2) is 8.07. The molecule has 120 valence electrons. The van der Waals surface area contributed by atoms with Crippen molar-refractivity contribution in [2.75, 3.05) is 13.2 Å². The van der Waals surface area contributed by atoms with Crippen molar-refractivity contribution in [2.24, 2.45) is 11.8 Å². The first-order valence-corrected chi connectivity index (χ1v) is 8.43. The zero-order valence-corrected chi connectivity index (χ0v) is 14.3. The third-order valence-electron chi connectivity index (χ3n) is 4.28.